The van der Waals surface area contributed by atoms with E-state index in [9.17, 15) is 5.11 Å². The Balaban J connectivity index is 2.12. The second-order valence-electron chi connectivity index (χ2n) is 4.21. The van der Waals surface area contributed by atoms with E-state index in [1.165, 1.54) is 19.3 Å². The third-order valence-corrected chi connectivity index (χ3v) is 3.26. The molecule has 0 spiro atoms. The fourth-order valence-electron chi connectivity index (χ4n) is 2.10. The summed E-state index contributed by atoms with van der Waals surface area (Å²) < 4.78 is 0. The van der Waals surface area contributed by atoms with E-state index in [1.54, 1.807) is 0 Å². The number of para-hydroxylation sites is 1. The largest absolute Gasteiger partial charge is 0.342 e. The molecule has 1 heterocycles. The van der Waals surface area contributed by atoms with Gasteiger partial charge >= 0.3 is 0 Å². The SMILES string of the molecule is [O]Cc1cccc2[nH]c(C3CCC3)nc12. The van der Waals surface area contributed by atoms with E-state index in [0.29, 0.717) is 5.92 Å². The summed E-state index contributed by atoms with van der Waals surface area (Å²) in [6.45, 7) is -0.188. The second-order valence-corrected chi connectivity index (χ2v) is 4.21. The van der Waals surface area contributed by atoms with E-state index in [-0.39, 0.29) is 6.61 Å². The maximum atomic E-state index is 11.0. The average Bonchev–Trinajstić information content (AvgIpc) is 2.57. The number of H-pyrrole nitrogens is 1. The minimum atomic E-state index is -0.188. The maximum Gasteiger partial charge on any atom is 0.110 e. The van der Waals surface area contributed by atoms with Gasteiger partial charge in [-0.1, -0.05) is 18.6 Å². The van der Waals surface area contributed by atoms with Crippen LogP contribution >= 0.6 is 0 Å². The van der Waals surface area contributed by atoms with Crippen molar-refractivity contribution in [2.24, 2.45) is 0 Å². The molecule has 0 unspecified atom stereocenters. The first-order valence-electron chi connectivity index (χ1n) is 5.44. The fourth-order valence-corrected chi connectivity index (χ4v) is 2.10. The number of benzene rings is 1. The van der Waals surface area contributed by atoms with Gasteiger partial charge in [-0.05, 0) is 18.9 Å². The lowest BCUT2D eigenvalue weighted by molar-refractivity contribution is 0.178. The van der Waals surface area contributed by atoms with Crippen LogP contribution in [-0.2, 0) is 11.7 Å². The van der Waals surface area contributed by atoms with Gasteiger partial charge in [0.15, 0.2) is 0 Å². The quantitative estimate of drug-likeness (QED) is 0.797. The second kappa shape index (κ2) is 3.35. The summed E-state index contributed by atoms with van der Waals surface area (Å²) in [4.78, 5) is 7.87. The summed E-state index contributed by atoms with van der Waals surface area (Å²) in [5.74, 6) is 1.66. The third-order valence-electron chi connectivity index (χ3n) is 3.26. The monoisotopic (exact) mass is 201 g/mol. The molecule has 1 radical (unpaired) electrons. The molecule has 15 heavy (non-hydrogen) atoms. The minimum absolute atomic E-state index is 0.188. The van der Waals surface area contributed by atoms with Gasteiger partial charge in [-0.3, -0.25) is 0 Å². The molecule has 2 aromatic rings. The summed E-state index contributed by atoms with van der Waals surface area (Å²) >= 11 is 0. The molecule has 1 N–H and O–H groups in total. The Morgan fingerprint density at radius 3 is 2.93 bits per heavy atom. The van der Waals surface area contributed by atoms with E-state index >= 15 is 0 Å². The molecule has 0 aliphatic heterocycles. The molecule has 0 saturated heterocycles. The van der Waals surface area contributed by atoms with Crippen molar-refractivity contribution in [3.63, 3.8) is 0 Å². The van der Waals surface area contributed by atoms with Crippen LogP contribution in [-0.4, -0.2) is 9.97 Å². The average molecular weight is 201 g/mol. The topological polar surface area (TPSA) is 48.6 Å². The van der Waals surface area contributed by atoms with E-state index in [4.69, 9.17) is 0 Å². The number of rotatable bonds is 2. The van der Waals surface area contributed by atoms with E-state index in [0.717, 1.165) is 22.4 Å². The zero-order valence-electron chi connectivity index (χ0n) is 8.49. The molecule has 3 heteroatoms. The summed E-state index contributed by atoms with van der Waals surface area (Å²) in [6.07, 6.45) is 3.76. The van der Waals surface area contributed by atoms with Crippen LogP contribution in [0.25, 0.3) is 11.0 Å². The van der Waals surface area contributed by atoms with Gasteiger partial charge in [0, 0.05) is 11.5 Å². The molecule has 1 aliphatic rings. The van der Waals surface area contributed by atoms with Crippen molar-refractivity contribution in [2.75, 3.05) is 0 Å². The molecule has 0 amide bonds. The Labute approximate surface area is 88.2 Å². The molecule has 1 aromatic carbocycles. The van der Waals surface area contributed by atoms with Gasteiger partial charge in [0.05, 0.1) is 11.0 Å². The van der Waals surface area contributed by atoms with Crippen LogP contribution in [0.3, 0.4) is 0 Å². The number of nitrogens with zero attached hydrogens (tertiary/aromatic N) is 1. The number of aromatic amines is 1. The number of aromatic nitrogens is 2. The third kappa shape index (κ3) is 1.35. The smallest absolute Gasteiger partial charge is 0.110 e. The molecule has 1 fully saturated rings. The molecular formula is C12H13N2O. The number of imidazole rings is 1. The van der Waals surface area contributed by atoms with Crippen LogP contribution in [0.15, 0.2) is 18.2 Å². The van der Waals surface area contributed by atoms with Gasteiger partial charge in [0.1, 0.15) is 12.4 Å². The highest BCUT2D eigenvalue weighted by atomic mass is 16.3. The van der Waals surface area contributed by atoms with Crippen LogP contribution in [0.2, 0.25) is 0 Å². The van der Waals surface area contributed by atoms with Gasteiger partial charge in [-0.15, -0.1) is 0 Å². The van der Waals surface area contributed by atoms with Crippen LogP contribution in [0.5, 0.6) is 0 Å². The standard InChI is InChI=1S/C12H13N2O/c15-7-9-5-2-6-10-11(9)14-12(13-10)8-3-1-4-8/h2,5-6,8H,1,3-4,7H2,(H,13,14). The molecule has 1 saturated carbocycles. The van der Waals surface area contributed by atoms with Crippen LogP contribution < -0.4 is 0 Å². The lowest BCUT2D eigenvalue weighted by atomic mass is 9.85. The van der Waals surface area contributed by atoms with E-state index in [2.05, 4.69) is 9.97 Å². The van der Waals surface area contributed by atoms with E-state index < -0.39 is 0 Å². The summed E-state index contributed by atoms with van der Waals surface area (Å²) in [6, 6.07) is 5.77. The number of hydrogen-bond donors (Lipinski definition) is 1. The van der Waals surface area contributed by atoms with Crippen molar-refractivity contribution in [3.8, 4) is 0 Å². The molecule has 77 valence electrons. The predicted molar refractivity (Wildman–Crippen MR) is 57.1 cm³/mol. The van der Waals surface area contributed by atoms with Crippen molar-refractivity contribution in [1.29, 1.82) is 0 Å². The highest BCUT2D eigenvalue weighted by Crippen LogP contribution is 2.35. The number of hydrogen-bond acceptors (Lipinski definition) is 1. The predicted octanol–water partition coefficient (Wildman–Crippen LogP) is 2.76. The summed E-state index contributed by atoms with van der Waals surface area (Å²) in [7, 11) is 0. The van der Waals surface area contributed by atoms with Crippen molar-refractivity contribution >= 4 is 11.0 Å². The Kier molecular flexibility index (Phi) is 1.99. The fraction of sp³-hybridized carbons (Fsp3) is 0.417. The summed E-state index contributed by atoms with van der Waals surface area (Å²) in [5, 5.41) is 11.0. The zero-order valence-corrected chi connectivity index (χ0v) is 8.49. The normalized spacial score (nSPS) is 16.9. The zero-order chi connectivity index (χ0) is 10.3. The Morgan fingerprint density at radius 1 is 1.40 bits per heavy atom. The van der Waals surface area contributed by atoms with Crippen LogP contribution in [0.1, 0.15) is 36.6 Å². The van der Waals surface area contributed by atoms with Crippen LogP contribution in [0.4, 0.5) is 0 Å². The number of fused-ring (bicyclic) bond motifs is 1. The van der Waals surface area contributed by atoms with Crippen molar-refractivity contribution in [1.82, 2.24) is 9.97 Å². The van der Waals surface area contributed by atoms with Crippen molar-refractivity contribution < 1.29 is 5.11 Å². The van der Waals surface area contributed by atoms with Crippen molar-refractivity contribution in [2.45, 2.75) is 31.8 Å². The summed E-state index contributed by atoms with van der Waals surface area (Å²) in [5.41, 5.74) is 2.67. The molecule has 3 rings (SSSR count). The van der Waals surface area contributed by atoms with Gasteiger partial charge in [-0.2, -0.15) is 0 Å². The Bertz CT molecular complexity index is 485. The lowest BCUT2D eigenvalue weighted by Gasteiger charge is -2.22. The Morgan fingerprint density at radius 2 is 2.27 bits per heavy atom. The van der Waals surface area contributed by atoms with Gasteiger partial charge in [0.25, 0.3) is 0 Å². The molecule has 1 aromatic heterocycles. The first-order chi connectivity index (χ1) is 7.38. The lowest BCUT2D eigenvalue weighted by Crippen LogP contribution is -2.10. The van der Waals surface area contributed by atoms with Gasteiger partial charge in [-0.25, -0.2) is 10.1 Å². The first-order valence-corrected chi connectivity index (χ1v) is 5.44. The molecule has 0 bridgehead atoms. The molecule has 3 nitrogen and oxygen atoms in total. The van der Waals surface area contributed by atoms with Crippen LogP contribution in [0, 0.1) is 0 Å². The minimum Gasteiger partial charge on any atom is -0.342 e. The van der Waals surface area contributed by atoms with Crippen molar-refractivity contribution in [3.05, 3.63) is 29.6 Å². The van der Waals surface area contributed by atoms with E-state index in [1.807, 2.05) is 18.2 Å². The highest BCUT2D eigenvalue weighted by Gasteiger charge is 2.22. The maximum absolute atomic E-state index is 11.0. The van der Waals surface area contributed by atoms with Gasteiger partial charge in [0.2, 0.25) is 0 Å². The Hall–Kier alpha value is -1.35. The van der Waals surface area contributed by atoms with Gasteiger partial charge < -0.3 is 4.98 Å². The number of nitrogens with one attached hydrogen (secondary N) is 1. The molecule has 1 aliphatic carbocycles. The molecular weight excluding hydrogens is 188 g/mol. The molecule has 0 atom stereocenters. The highest BCUT2D eigenvalue weighted by molar-refractivity contribution is 5.78. The first kappa shape index (κ1) is 8.92.